The lowest BCUT2D eigenvalue weighted by atomic mass is 10.1. The number of benzene rings is 2. The molecule has 146 valence electrons. The Kier molecular flexibility index (Phi) is 6.24. The van der Waals surface area contributed by atoms with Crippen molar-refractivity contribution in [2.45, 2.75) is 35.9 Å². The van der Waals surface area contributed by atoms with Gasteiger partial charge in [-0.3, -0.25) is 0 Å². The van der Waals surface area contributed by atoms with E-state index in [2.05, 4.69) is 16.9 Å². The van der Waals surface area contributed by atoms with Crippen LogP contribution >= 0.6 is 11.8 Å². The predicted molar refractivity (Wildman–Crippen MR) is 106 cm³/mol. The molecule has 0 unspecified atom stereocenters. The molecule has 0 atom stereocenters. The van der Waals surface area contributed by atoms with Gasteiger partial charge in [0.15, 0.2) is 0 Å². The summed E-state index contributed by atoms with van der Waals surface area (Å²) in [5.41, 5.74) is 1.16. The van der Waals surface area contributed by atoms with Crippen molar-refractivity contribution in [3.05, 3.63) is 71.9 Å². The quantitative estimate of drug-likeness (QED) is 0.447. The zero-order valence-corrected chi connectivity index (χ0v) is 16.4. The van der Waals surface area contributed by atoms with Crippen LogP contribution in [-0.4, -0.2) is 17.0 Å². The molecule has 3 aromatic rings. The molecule has 0 aliphatic rings. The fourth-order valence-corrected chi connectivity index (χ4v) is 3.74. The highest BCUT2D eigenvalue weighted by atomic mass is 32.2. The molecule has 0 N–H and O–H groups in total. The average molecular weight is 403 g/mol. The minimum absolute atomic E-state index is 0.108. The van der Waals surface area contributed by atoms with Crippen molar-refractivity contribution < 1.29 is 13.2 Å². The number of alkyl halides is 3. The number of para-hydroxylation sites is 1. The van der Waals surface area contributed by atoms with Crippen LogP contribution in [0.2, 0.25) is 0 Å². The van der Waals surface area contributed by atoms with Gasteiger partial charge in [0.2, 0.25) is 5.95 Å². The third-order valence-corrected chi connectivity index (χ3v) is 5.19. The van der Waals surface area contributed by atoms with Gasteiger partial charge in [-0.2, -0.15) is 13.2 Å². The van der Waals surface area contributed by atoms with Crippen molar-refractivity contribution >= 4 is 23.4 Å². The molecule has 7 heteroatoms. The molecule has 3 rings (SSSR count). The SMILES string of the molecule is CCCc1ccccc1N(C)c1ncc(C(F)(F)F)c(Sc2ccccc2)n1. The van der Waals surface area contributed by atoms with E-state index in [1.165, 1.54) is 0 Å². The molecule has 0 bridgehead atoms. The molecule has 0 saturated heterocycles. The predicted octanol–water partition coefficient (Wildman–Crippen LogP) is 6.37. The molecule has 0 fully saturated rings. The standard InChI is InChI=1S/C21H20F3N3S/c1-3-9-15-10-7-8-13-18(15)27(2)20-25-14-17(21(22,23)24)19(26-20)28-16-11-5-4-6-12-16/h4-8,10-14H,3,9H2,1-2H3. The smallest absolute Gasteiger partial charge is 0.313 e. The van der Waals surface area contributed by atoms with Crippen molar-refractivity contribution in [2.24, 2.45) is 0 Å². The molecule has 28 heavy (non-hydrogen) atoms. The maximum Gasteiger partial charge on any atom is 0.420 e. The zero-order valence-electron chi connectivity index (χ0n) is 15.6. The molecule has 0 spiro atoms. The molecular formula is C21H20F3N3S. The average Bonchev–Trinajstić information content (AvgIpc) is 2.68. The first-order valence-corrected chi connectivity index (χ1v) is 9.70. The molecule has 0 aliphatic heterocycles. The van der Waals surface area contributed by atoms with Gasteiger partial charge in [0.1, 0.15) is 10.6 Å². The minimum Gasteiger partial charge on any atom is -0.313 e. The summed E-state index contributed by atoms with van der Waals surface area (Å²) in [6, 6.07) is 16.7. The summed E-state index contributed by atoms with van der Waals surface area (Å²) in [4.78, 5) is 10.7. The van der Waals surface area contributed by atoms with Crippen LogP contribution in [0.5, 0.6) is 0 Å². The Balaban J connectivity index is 2.02. The molecule has 0 amide bonds. The summed E-state index contributed by atoms with van der Waals surface area (Å²) in [6.45, 7) is 2.08. The van der Waals surface area contributed by atoms with E-state index in [0.29, 0.717) is 4.90 Å². The summed E-state index contributed by atoms with van der Waals surface area (Å²) >= 11 is 0.985. The zero-order chi connectivity index (χ0) is 20.1. The highest BCUT2D eigenvalue weighted by Crippen LogP contribution is 2.39. The van der Waals surface area contributed by atoms with Crippen LogP contribution in [0.4, 0.5) is 24.8 Å². The summed E-state index contributed by atoms with van der Waals surface area (Å²) < 4.78 is 40.4. The Labute approximate surface area is 166 Å². The number of hydrogen-bond donors (Lipinski definition) is 0. The van der Waals surface area contributed by atoms with E-state index in [1.54, 1.807) is 36.2 Å². The molecule has 3 nitrogen and oxygen atoms in total. The van der Waals surface area contributed by atoms with Gasteiger partial charge in [0.25, 0.3) is 0 Å². The summed E-state index contributed by atoms with van der Waals surface area (Å²) in [5, 5.41) is -0.108. The van der Waals surface area contributed by atoms with Gasteiger partial charge in [-0.25, -0.2) is 9.97 Å². The largest absolute Gasteiger partial charge is 0.420 e. The number of hydrogen-bond acceptors (Lipinski definition) is 4. The molecular weight excluding hydrogens is 383 g/mol. The van der Waals surface area contributed by atoms with Crippen molar-refractivity contribution in [3.8, 4) is 0 Å². The first-order chi connectivity index (χ1) is 13.4. The third kappa shape index (κ3) is 4.65. The second kappa shape index (κ2) is 8.65. The van der Waals surface area contributed by atoms with Gasteiger partial charge in [0, 0.05) is 23.8 Å². The minimum atomic E-state index is -4.52. The highest BCUT2D eigenvalue weighted by molar-refractivity contribution is 7.99. The highest BCUT2D eigenvalue weighted by Gasteiger charge is 2.35. The Morgan fingerprint density at radius 3 is 2.36 bits per heavy atom. The van der Waals surface area contributed by atoms with Crippen LogP contribution in [0.25, 0.3) is 0 Å². The fourth-order valence-electron chi connectivity index (χ4n) is 2.82. The maximum atomic E-state index is 13.5. The van der Waals surface area contributed by atoms with Crippen LogP contribution in [0.1, 0.15) is 24.5 Å². The van der Waals surface area contributed by atoms with E-state index in [9.17, 15) is 13.2 Å². The number of aromatic nitrogens is 2. The molecule has 2 aromatic carbocycles. The normalized spacial score (nSPS) is 11.5. The lowest BCUT2D eigenvalue weighted by Gasteiger charge is -2.22. The van der Waals surface area contributed by atoms with Gasteiger partial charge < -0.3 is 4.90 Å². The topological polar surface area (TPSA) is 29.0 Å². The number of rotatable bonds is 6. The van der Waals surface area contributed by atoms with Crippen molar-refractivity contribution in [3.63, 3.8) is 0 Å². The van der Waals surface area contributed by atoms with Crippen LogP contribution in [0, 0.1) is 0 Å². The Morgan fingerprint density at radius 2 is 1.68 bits per heavy atom. The first kappa shape index (κ1) is 20.2. The van der Waals surface area contributed by atoms with E-state index < -0.39 is 11.7 Å². The van der Waals surface area contributed by atoms with Crippen molar-refractivity contribution in [1.82, 2.24) is 9.97 Å². The third-order valence-electron chi connectivity index (χ3n) is 4.18. The van der Waals surface area contributed by atoms with Gasteiger partial charge in [0.05, 0.1) is 0 Å². The number of halogens is 3. The molecule has 0 aliphatic carbocycles. The maximum absolute atomic E-state index is 13.5. The first-order valence-electron chi connectivity index (χ1n) is 8.89. The summed E-state index contributed by atoms with van der Waals surface area (Å²) in [5.74, 6) is 0.231. The van der Waals surface area contributed by atoms with Gasteiger partial charge in [-0.15, -0.1) is 0 Å². The van der Waals surface area contributed by atoms with Crippen LogP contribution in [-0.2, 0) is 12.6 Å². The number of aryl methyl sites for hydroxylation is 1. The summed E-state index contributed by atoms with van der Waals surface area (Å²) in [6.07, 6.45) is -1.82. The second-order valence-corrected chi connectivity index (χ2v) is 7.30. The lowest BCUT2D eigenvalue weighted by Crippen LogP contribution is -2.17. The molecule has 0 saturated carbocycles. The molecule has 1 heterocycles. The molecule has 1 aromatic heterocycles. The van der Waals surface area contributed by atoms with E-state index in [0.717, 1.165) is 42.1 Å². The second-order valence-electron chi connectivity index (χ2n) is 6.24. The lowest BCUT2D eigenvalue weighted by molar-refractivity contribution is -0.140. The van der Waals surface area contributed by atoms with Gasteiger partial charge >= 0.3 is 6.18 Å². The number of nitrogens with zero attached hydrogens (tertiary/aromatic N) is 3. The van der Waals surface area contributed by atoms with Crippen LogP contribution in [0.15, 0.2) is 70.7 Å². The monoisotopic (exact) mass is 403 g/mol. The van der Waals surface area contributed by atoms with E-state index in [-0.39, 0.29) is 11.0 Å². The number of anilines is 2. The fraction of sp³-hybridized carbons (Fsp3) is 0.238. The van der Waals surface area contributed by atoms with Crippen molar-refractivity contribution in [1.29, 1.82) is 0 Å². The Morgan fingerprint density at radius 1 is 1.00 bits per heavy atom. The Hall–Kier alpha value is -2.54. The van der Waals surface area contributed by atoms with E-state index >= 15 is 0 Å². The van der Waals surface area contributed by atoms with Crippen LogP contribution < -0.4 is 4.90 Å². The van der Waals surface area contributed by atoms with Crippen LogP contribution in [0.3, 0.4) is 0 Å². The van der Waals surface area contributed by atoms with Gasteiger partial charge in [-0.05, 0) is 30.2 Å². The van der Waals surface area contributed by atoms with E-state index in [1.807, 2.05) is 30.3 Å². The van der Waals surface area contributed by atoms with E-state index in [4.69, 9.17) is 0 Å². The molecule has 0 radical (unpaired) electrons. The summed E-state index contributed by atoms with van der Waals surface area (Å²) in [7, 11) is 1.77. The van der Waals surface area contributed by atoms with Crippen molar-refractivity contribution in [2.75, 3.05) is 11.9 Å². The van der Waals surface area contributed by atoms with Gasteiger partial charge in [-0.1, -0.05) is 61.5 Å². The Bertz CT molecular complexity index is 930.